The molecule has 1 aromatic rings. The highest BCUT2D eigenvalue weighted by Gasteiger charge is 2.62. The lowest BCUT2D eigenvalue weighted by atomic mass is 9.98. The second-order valence-electron chi connectivity index (χ2n) is 14.7. The van der Waals surface area contributed by atoms with Crippen molar-refractivity contribution in [3.63, 3.8) is 0 Å². The molecule has 3 fully saturated rings. The van der Waals surface area contributed by atoms with Gasteiger partial charge in [-0.3, -0.25) is 24.0 Å². The number of unbranched alkanes of at least 4 members (excludes halogenated alkanes) is 1. The molecule has 3 heterocycles. The third-order valence-electron chi connectivity index (χ3n) is 10.9. The standard InChI is InChI=1S/C36H50N6O8S/c1-4-6-14-29-32(44)42-21-26(18-30(42)31(43)38-36(19-25(36)5-2)33(45)39-51(48,49)27-15-16-27)50-35(47)41-20-24-13-10-12-23(28(24)22-41)11-8-7-9-17-40(3)34(46)37-29/h5,10,12-13,25-27,29-30H,2,4,6-9,11,14-22H2,1,3H3,(H,37,46)(H,38,43)(H,39,45)/t25-,26-,29+,30+,36-/m1/s1. The van der Waals surface area contributed by atoms with Crippen molar-refractivity contribution < 1.29 is 37.1 Å². The highest BCUT2D eigenvalue weighted by atomic mass is 32.2. The average Bonchev–Trinajstić information content (AvgIpc) is 3.99. The summed E-state index contributed by atoms with van der Waals surface area (Å²) in [6.07, 6.45) is 6.33. The van der Waals surface area contributed by atoms with Crippen LogP contribution >= 0.6 is 0 Å². The third-order valence-corrected chi connectivity index (χ3v) is 12.8. The summed E-state index contributed by atoms with van der Waals surface area (Å²) in [7, 11) is -2.20. The van der Waals surface area contributed by atoms with Crippen molar-refractivity contribution in [2.45, 2.75) is 120 Å². The van der Waals surface area contributed by atoms with Gasteiger partial charge in [-0.25, -0.2) is 18.0 Å². The predicted octanol–water partition coefficient (Wildman–Crippen LogP) is 2.70. The second kappa shape index (κ2) is 14.8. The van der Waals surface area contributed by atoms with E-state index in [-0.39, 0.29) is 19.4 Å². The molecule has 0 aromatic heterocycles. The average molecular weight is 727 g/mol. The molecule has 1 aromatic carbocycles. The first-order chi connectivity index (χ1) is 24.4. The summed E-state index contributed by atoms with van der Waals surface area (Å²) in [5, 5.41) is 5.02. The van der Waals surface area contributed by atoms with Gasteiger partial charge in [0.1, 0.15) is 23.7 Å². The topological polar surface area (TPSA) is 175 Å². The highest BCUT2D eigenvalue weighted by Crippen LogP contribution is 2.45. The molecule has 278 valence electrons. The van der Waals surface area contributed by atoms with E-state index < -0.39 is 74.8 Å². The molecule has 2 saturated carbocycles. The number of rotatable bonds is 9. The highest BCUT2D eigenvalue weighted by molar-refractivity contribution is 7.91. The molecule has 1 saturated heterocycles. The Morgan fingerprint density at radius 1 is 1.12 bits per heavy atom. The molecule has 5 atom stereocenters. The van der Waals surface area contributed by atoms with Gasteiger partial charge < -0.3 is 25.2 Å². The number of ether oxygens (including phenoxy) is 1. The molecule has 15 heteroatoms. The van der Waals surface area contributed by atoms with Crippen molar-refractivity contribution in [1.82, 2.24) is 30.1 Å². The van der Waals surface area contributed by atoms with Crippen molar-refractivity contribution in [2.24, 2.45) is 5.92 Å². The first kappa shape index (κ1) is 36.6. The molecular weight excluding hydrogens is 676 g/mol. The zero-order chi connectivity index (χ0) is 36.5. The van der Waals surface area contributed by atoms with Gasteiger partial charge in [0, 0.05) is 39.0 Å². The van der Waals surface area contributed by atoms with Crippen molar-refractivity contribution in [3.8, 4) is 0 Å². The number of hydrogen-bond donors (Lipinski definition) is 3. The number of nitrogens with zero attached hydrogens (tertiary/aromatic N) is 3. The Balaban J connectivity index is 1.26. The normalized spacial score (nSPS) is 28.6. The first-order valence-electron chi connectivity index (χ1n) is 18.2. The number of benzene rings is 1. The van der Waals surface area contributed by atoms with E-state index in [1.54, 1.807) is 16.8 Å². The van der Waals surface area contributed by atoms with Gasteiger partial charge in [-0.2, -0.15) is 0 Å². The molecule has 5 aliphatic rings. The van der Waals surface area contributed by atoms with Crippen LogP contribution in [0.4, 0.5) is 9.59 Å². The van der Waals surface area contributed by atoms with E-state index in [4.69, 9.17) is 4.74 Å². The molecular formula is C36H50N6O8S. The quantitative estimate of drug-likeness (QED) is 0.326. The molecule has 6 rings (SSSR count). The van der Waals surface area contributed by atoms with Crippen molar-refractivity contribution in [2.75, 3.05) is 20.1 Å². The lowest BCUT2D eigenvalue weighted by Crippen LogP contribution is -2.58. The largest absolute Gasteiger partial charge is 0.444 e. The summed E-state index contributed by atoms with van der Waals surface area (Å²) >= 11 is 0. The van der Waals surface area contributed by atoms with Crippen molar-refractivity contribution >= 4 is 39.9 Å². The third kappa shape index (κ3) is 7.87. The summed E-state index contributed by atoms with van der Waals surface area (Å²) in [5.74, 6) is -2.53. The van der Waals surface area contributed by atoms with E-state index in [1.165, 1.54) is 16.5 Å². The van der Waals surface area contributed by atoms with E-state index in [2.05, 4.69) is 28.0 Å². The van der Waals surface area contributed by atoms with E-state index >= 15 is 0 Å². The fourth-order valence-electron chi connectivity index (χ4n) is 7.53. The summed E-state index contributed by atoms with van der Waals surface area (Å²) in [4.78, 5) is 73.3. The summed E-state index contributed by atoms with van der Waals surface area (Å²) in [6, 6.07) is 3.59. The number of carbonyl (C=O) groups excluding carboxylic acids is 5. The molecule has 2 aliphatic carbocycles. The Hall–Kier alpha value is -4.14. The zero-order valence-corrected chi connectivity index (χ0v) is 30.3. The van der Waals surface area contributed by atoms with Gasteiger partial charge in [0.25, 0.3) is 5.91 Å². The number of amides is 6. The lowest BCUT2D eigenvalue weighted by Gasteiger charge is -2.30. The number of hydrogen-bond acceptors (Lipinski definition) is 8. The van der Waals surface area contributed by atoms with Crippen molar-refractivity contribution in [3.05, 3.63) is 47.5 Å². The van der Waals surface area contributed by atoms with Gasteiger partial charge in [-0.05, 0) is 61.6 Å². The second-order valence-corrected chi connectivity index (χ2v) is 16.7. The number of carbonyl (C=O) groups is 5. The van der Waals surface area contributed by atoms with E-state index in [0.717, 1.165) is 43.2 Å². The zero-order valence-electron chi connectivity index (χ0n) is 29.5. The Bertz CT molecular complexity index is 1680. The number of urea groups is 1. The van der Waals surface area contributed by atoms with Crippen LogP contribution in [0.3, 0.4) is 0 Å². The Morgan fingerprint density at radius 2 is 1.88 bits per heavy atom. The van der Waals surface area contributed by atoms with Gasteiger partial charge in [-0.1, -0.05) is 50.5 Å². The molecule has 14 nitrogen and oxygen atoms in total. The van der Waals surface area contributed by atoms with E-state index in [9.17, 15) is 32.4 Å². The maximum absolute atomic E-state index is 14.3. The Morgan fingerprint density at radius 3 is 2.59 bits per heavy atom. The van der Waals surface area contributed by atoms with Crippen LogP contribution in [0.2, 0.25) is 0 Å². The van der Waals surface area contributed by atoms with Gasteiger partial charge in [0.05, 0.1) is 11.8 Å². The molecule has 51 heavy (non-hydrogen) atoms. The van der Waals surface area contributed by atoms with Crippen LogP contribution < -0.4 is 15.4 Å². The first-order valence-corrected chi connectivity index (χ1v) is 19.8. The predicted molar refractivity (Wildman–Crippen MR) is 187 cm³/mol. The molecule has 0 radical (unpaired) electrons. The molecule has 3 aliphatic heterocycles. The van der Waals surface area contributed by atoms with Crippen LogP contribution in [0, 0.1) is 5.92 Å². The number of aryl methyl sites for hydroxylation is 1. The van der Waals surface area contributed by atoms with Crippen LogP contribution in [-0.2, 0) is 48.7 Å². The molecule has 0 spiro atoms. The summed E-state index contributed by atoms with van der Waals surface area (Å²) in [6.45, 7) is 6.93. The number of sulfonamides is 1. The minimum Gasteiger partial charge on any atom is -0.444 e. The smallest absolute Gasteiger partial charge is 0.410 e. The fourth-order valence-corrected chi connectivity index (χ4v) is 8.90. The summed E-state index contributed by atoms with van der Waals surface area (Å²) < 4.78 is 33.4. The monoisotopic (exact) mass is 726 g/mol. The Kier molecular flexibility index (Phi) is 10.7. The van der Waals surface area contributed by atoms with Crippen LogP contribution in [0.15, 0.2) is 30.9 Å². The molecule has 4 bridgehead atoms. The fraction of sp³-hybridized carbons (Fsp3) is 0.639. The van der Waals surface area contributed by atoms with Crippen LogP contribution in [0.5, 0.6) is 0 Å². The van der Waals surface area contributed by atoms with Crippen LogP contribution in [-0.4, -0.2) is 102 Å². The van der Waals surface area contributed by atoms with Crippen LogP contribution in [0.25, 0.3) is 0 Å². The van der Waals surface area contributed by atoms with Crippen molar-refractivity contribution in [1.29, 1.82) is 0 Å². The number of nitrogens with one attached hydrogen (secondary N) is 3. The SMILES string of the molecule is C=C[C@@H]1C[C@]1(NC(=O)[C@@H]1C[C@@H]2CN1C(=O)[C@H](CCCC)NC(=O)N(C)CCCCCc1cccc3c1CN(C3)C(=O)O2)C(=O)NS(=O)(=O)C1CC1. The van der Waals surface area contributed by atoms with E-state index in [0.29, 0.717) is 45.3 Å². The molecule has 0 unspecified atom stereocenters. The minimum absolute atomic E-state index is 0.0411. The minimum atomic E-state index is -3.89. The maximum atomic E-state index is 14.3. The number of fused-ring (bicyclic) bond motifs is 3. The lowest BCUT2D eigenvalue weighted by molar-refractivity contribution is -0.141. The Labute approximate surface area is 299 Å². The van der Waals surface area contributed by atoms with Gasteiger partial charge in [-0.15, -0.1) is 6.58 Å². The van der Waals surface area contributed by atoms with Gasteiger partial charge in [0.15, 0.2) is 0 Å². The van der Waals surface area contributed by atoms with E-state index in [1.807, 2.05) is 19.1 Å². The molecule has 6 amide bonds. The van der Waals surface area contributed by atoms with Gasteiger partial charge >= 0.3 is 12.1 Å². The summed E-state index contributed by atoms with van der Waals surface area (Å²) in [5.41, 5.74) is 1.80. The molecule has 3 N–H and O–H groups in total. The van der Waals surface area contributed by atoms with Crippen LogP contribution in [0.1, 0.15) is 87.8 Å². The maximum Gasteiger partial charge on any atom is 0.410 e. The van der Waals surface area contributed by atoms with Gasteiger partial charge in [0.2, 0.25) is 21.8 Å².